The van der Waals surface area contributed by atoms with Gasteiger partial charge in [-0.15, -0.1) is 4.57 Å². The van der Waals surface area contributed by atoms with Gasteiger partial charge in [-0.3, -0.25) is 4.89 Å². The van der Waals surface area contributed by atoms with Crippen LogP contribution >= 0.6 is 69.9 Å². The number of thiazole rings is 1. The van der Waals surface area contributed by atoms with Crippen LogP contribution in [0.5, 0.6) is 5.19 Å². The van der Waals surface area contributed by atoms with E-state index in [1.54, 1.807) is 0 Å². The summed E-state index contributed by atoms with van der Waals surface area (Å²) in [4.78, 5) is 64.0. The second kappa shape index (κ2) is 12.0. The molecule has 1 aromatic heterocycles. The highest BCUT2D eigenvalue weighted by molar-refractivity contribution is 7.72. The molecule has 0 spiro atoms. The molecule has 2 aromatic rings. The summed E-state index contributed by atoms with van der Waals surface area (Å²) in [5.41, 5.74) is 0.372. The molecule has 0 saturated carbocycles. The van der Waals surface area contributed by atoms with Crippen molar-refractivity contribution in [2.45, 2.75) is 6.54 Å². The Kier molecular flexibility index (Phi) is 10.7. The number of halogens is 1. The molecule has 1 aromatic carbocycles. The lowest BCUT2D eigenvalue weighted by atomic mass is 10.3. The topological polar surface area (TPSA) is 303 Å². The van der Waals surface area contributed by atoms with E-state index in [9.17, 15) is 47.0 Å². The van der Waals surface area contributed by atoms with E-state index in [4.69, 9.17) is 30.8 Å². The van der Waals surface area contributed by atoms with Crippen LogP contribution in [0.3, 0.4) is 0 Å². The molecule has 0 radical (unpaired) electrons. The maximum absolute atomic E-state index is 12.3. The van der Waals surface area contributed by atoms with E-state index in [1.165, 1.54) is 28.8 Å². The minimum atomic E-state index is -6.37. The number of nitrogens with zero attached hydrogens (tertiary/aromatic N) is 1. The highest BCUT2D eigenvalue weighted by atomic mass is 35.5. The van der Waals surface area contributed by atoms with E-state index in [0.717, 1.165) is 11.3 Å². The fourth-order valence-electron chi connectivity index (χ4n) is 2.24. The van der Waals surface area contributed by atoms with Gasteiger partial charge in [0.2, 0.25) is 5.52 Å². The van der Waals surface area contributed by atoms with Crippen molar-refractivity contribution in [3.05, 3.63) is 35.9 Å². The summed E-state index contributed by atoms with van der Waals surface area (Å²) in [7, 11) is -36.6. The number of allylic oxidation sites excluding steroid dienone is 1. The highest BCUT2D eigenvalue weighted by Crippen LogP contribution is 2.74. The van der Waals surface area contributed by atoms with Crippen molar-refractivity contribution in [2.24, 2.45) is 0 Å². The predicted molar refractivity (Wildman–Crippen MR) is 124 cm³/mol. The third-order valence-corrected chi connectivity index (χ3v) is 13.3. The van der Waals surface area contributed by atoms with Gasteiger partial charge >= 0.3 is 52.1 Å². The summed E-state index contributed by atoms with van der Waals surface area (Å²) >= 11 is 6.65. The van der Waals surface area contributed by atoms with E-state index in [0.29, 0.717) is 10.2 Å². The molecule has 5 unspecified atom stereocenters. The van der Waals surface area contributed by atoms with Crippen molar-refractivity contribution < 1.29 is 92.3 Å². The number of phosphoric acid groups is 6. The lowest BCUT2D eigenvalue weighted by Gasteiger charge is -2.19. The van der Waals surface area contributed by atoms with Crippen LogP contribution in [0.25, 0.3) is 10.2 Å². The maximum atomic E-state index is 12.3. The van der Waals surface area contributed by atoms with Gasteiger partial charge in [0.05, 0.1) is 0 Å². The maximum Gasteiger partial charge on any atom is 0.541 e. The Bertz CT molecular complexity index is 1520. The van der Waals surface area contributed by atoms with E-state index < -0.39 is 52.1 Å². The summed E-state index contributed by atoms with van der Waals surface area (Å²) in [5.74, 6) is 0. The molecule has 28 heteroatoms. The Hall–Kier alpha value is -0.160. The van der Waals surface area contributed by atoms with E-state index in [2.05, 4.69) is 28.1 Å². The molecule has 7 N–H and O–H groups in total. The standard InChI is InChI=1S/C10H14ClNO19P6S/c1-2-5-12-8-6-7(11)3-4-9(8)38-10(12)26-33(16,17)28-35(20,21)30-37(24,25)31-36(22,23)29-34(18,19)27-32(13,14)15/h2-4,6H,1,5H2,(H6-,13,14,15,16,17,18,19,20,21,22,23,24,25)/p+1. The summed E-state index contributed by atoms with van der Waals surface area (Å²) in [6, 6.07) is 4.42. The van der Waals surface area contributed by atoms with Crippen molar-refractivity contribution in [3.63, 3.8) is 0 Å². The van der Waals surface area contributed by atoms with Crippen molar-refractivity contribution in [3.8, 4) is 5.19 Å². The van der Waals surface area contributed by atoms with Gasteiger partial charge in [-0.2, -0.15) is 21.6 Å². The summed E-state index contributed by atoms with van der Waals surface area (Å²) in [5, 5.41) is -0.139. The van der Waals surface area contributed by atoms with Gasteiger partial charge < -0.3 is 33.9 Å². The summed E-state index contributed by atoms with van der Waals surface area (Å²) in [6.45, 7) is 3.46. The fraction of sp³-hybridized carbons (Fsp3) is 0.100. The highest BCUT2D eigenvalue weighted by Gasteiger charge is 2.50. The van der Waals surface area contributed by atoms with Gasteiger partial charge in [-0.05, 0) is 29.5 Å². The molecule has 20 nitrogen and oxygen atoms in total. The number of benzene rings is 1. The lowest BCUT2D eigenvalue weighted by Crippen LogP contribution is -2.32. The van der Waals surface area contributed by atoms with Crippen LogP contribution in [0.2, 0.25) is 5.02 Å². The number of fused-ring (bicyclic) bond motifs is 1. The first-order valence-electron chi connectivity index (χ1n) is 8.62. The molecule has 0 amide bonds. The molecule has 38 heavy (non-hydrogen) atoms. The molecule has 216 valence electrons. The Balaban J connectivity index is 2.19. The Morgan fingerprint density at radius 2 is 1.24 bits per heavy atom. The van der Waals surface area contributed by atoms with Crippen LogP contribution in [0.4, 0.5) is 0 Å². The number of hydrogen-bond donors (Lipinski definition) is 7. The summed E-state index contributed by atoms with van der Waals surface area (Å²) in [6.07, 6.45) is 1.34. The van der Waals surface area contributed by atoms with Crippen LogP contribution in [0.1, 0.15) is 0 Å². The molecule has 0 aliphatic carbocycles. The van der Waals surface area contributed by atoms with Crippen molar-refractivity contribution in [2.75, 3.05) is 0 Å². The van der Waals surface area contributed by atoms with Gasteiger partial charge in [0, 0.05) is 11.1 Å². The molecule has 0 bridgehead atoms. The Labute approximate surface area is 219 Å². The van der Waals surface area contributed by atoms with Crippen LogP contribution in [0.15, 0.2) is 30.9 Å². The number of aromatic nitrogens is 1. The van der Waals surface area contributed by atoms with Crippen molar-refractivity contribution in [1.82, 2.24) is 0 Å². The van der Waals surface area contributed by atoms with Crippen LogP contribution in [0, 0.1) is 0 Å². The Morgan fingerprint density at radius 3 is 1.68 bits per heavy atom. The third-order valence-electron chi connectivity index (χ3n) is 3.17. The fourth-order valence-corrected chi connectivity index (χ4v) is 10.9. The lowest BCUT2D eigenvalue weighted by molar-refractivity contribution is -0.659. The average Bonchev–Trinajstić information content (AvgIpc) is 2.91. The van der Waals surface area contributed by atoms with Crippen LogP contribution in [-0.4, -0.2) is 34.3 Å². The largest absolute Gasteiger partial charge is 0.541 e. The molecular weight excluding hydrogens is 691 g/mol. The average molecular weight is 707 g/mol. The monoisotopic (exact) mass is 706 g/mol. The zero-order valence-corrected chi connectivity index (χ0v) is 24.6. The number of hydrogen-bond acceptors (Lipinski definition) is 13. The minimum Gasteiger partial charge on any atom is -0.339 e. The molecule has 2 rings (SSSR count). The van der Waals surface area contributed by atoms with E-state index in [1.807, 2.05) is 0 Å². The predicted octanol–water partition coefficient (Wildman–Crippen LogP) is 3.08. The first kappa shape index (κ1) is 34.0. The molecule has 1 heterocycles. The van der Waals surface area contributed by atoms with E-state index in [-0.39, 0.29) is 11.6 Å². The van der Waals surface area contributed by atoms with Crippen LogP contribution in [-0.2, 0) is 55.5 Å². The zero-order chi connectivity index (χ0) is 29.4. The Morgan fingerprint density at radius 1 is 0.789 bits per heavy atom. The quantitative estimate of drug-likeness (QED) is 0.0843. The van der Waals surface area contributed by atoms with Crippen molar-refractivity contribution >= 4 is 80.1 Å². The molecule has 0 aliphatic heterocycles. The zero-order valence-electron chi connectivity index (χ0n) is 17.7. The molecule has 0 saturated heterocycles. The minimum absolute atomic E-state index is 0.0329. The van der Waals surface area contributed by atoms with Gasteiger partial charge in [0.15, 0.2) is 6.54 Å². The first-order valence-corrected chi connectivity index (χ1v) is 18.8. The normalized spacial score (nSPS) is 20.4. The second-order valence-electron chi connectivity index (χ2n) is 6.21. The van der Waals surface area contributed by atoms with Gasteiger partial charge in [-0.25, -0.2) is 27.4 Å². The molecule has 5 atom stereocenters. The number of phosphoric ester groups is 1. The van der Waals surface area contributed by atoms with Gasteiger partial charge in [0.1, 0.15) is 4.70 Å². The molecule has 0 fully saturated rings. The van der Waals surface area contributed by atoms with E-state index >= 15 is 0 Å². The first-order chi connectivity index (χ1) is 16.9. The van der Waals surface area contributed by atoms with Gasteiger partial charge in [0.25, 0.3) is 0 Å². The SMILES string of the molecule is C=CC[n+]1c(OP(=O)(O)OP(=O)(O)OP(=O)(O)OP(=O)(O)OP(=O)(O)OP(=O)(O)O)sc2ccc(Cl)cc21. The smallest absolute Gasteiger partial charge is 0.339 e. The van der Waals surface area contributed by atoms with Crippen LogP contribution < -0.4 is 9.09 Å². The number of rotatable bonds is 14. The second-order valence-corrected chi connectivity index (χ2v) is 16.8. The summed E-state index contributed by atoms with van der Waals surface area (Å²) < 4.78 is 93.4. The third kappa shape index (κ3) is 11.0. The van der Waals surface area contributed by atoms with Gasteiger partial charge in [-0.1, -0.05) is 18.2 Å². The molecular formula is C10H15ClNO19P6S+. The molecule has 0 aliphatic rings. The van der Waals surface area contributed by atoms with Crippen molar-refractivity contribution in [1.29, 1.82) is 0 Å².